The van der Waals surface area contributed by atoms with Crippen LogP contribution in [0.3, 0.4) is 0 Å². The van der Waals surface area contributed by atoms with Crippen molar-refractivity contribution in [1.82, 2.24) is 0 Å². The molecule has 0 heterocycles. The van der Waals surface area contributed by atoms with Crippen LogP contribution in [0.4, 0.5) is 0 Å². The minimum atomic E-state index is -0.459. The van der Waals surface area contributed by atoms with E-state index in [0.717, 1.165) is 25.7 Å². The lowest BCUT2D eigenvalue weighted by Gasteiger charge is -2.14. The molecular formula is C16H19BO4. The highest BCUT2D eigenvalue weighted by Gasteiger charge is 2.26. The van der Waals surface area contributed by atoms with Crippen LogP contribution < -0.4 is 10.2 Å². The van der Waals surface area contributed by atoms with Crippen LogP contribution >= 0.6 is 0 Å². The molecular weight excluding hydrogens is 267 g/mol. The average Bonchev–Trinajstić information content (AvgIpc) is 2.99. The SMILES string of the molecule is [B]c1ccc(C(=O)C2CCCC2)c(OCC(=O)OCC)c1. The van der Waals surface area contributed by atoms with Crippen molar-refractivity contribution in [2.75, 3.05) is 13.2 Å². The minimum Gasteiger partial charge on any atom is -0.481 e. The summed E-state index contributed by atoms with van der Waals surface area (Å²) < 4.78 is 10.3. The van der Waals surface area contributed by atoms with Gasteiger partial charge in [-0.2, -0.15) is 0 Å². The zero-order valence-electron chi connectivity index (χ0n) is 12.3. The second-order valence-corrected chi connectivity index (χ2v) is 5.19. The number of hydrogen-bond acceptors (Lipinski definition) is 4. The fourth-order valence-corrected chi connectivity index (χ4v) is 2.61. The van der Waals surface area contributed by atoms with Crippen LogP contribution in [0.15, 0.2) is 18.2 Å². The van der Waals surface area contributed by atoms with E-state index in [4.69, 9.17) is 17.3 Å². The van der Waals surface area contributed by atoms with Gasteiger partial charge in [0.25, 0.3) is 0 Å². The van der Waals surface area contributed by atoms with Gasteiger partial charge in [-0.05, 0) is 31.9 Å². The maximum atomic E-state index is 12.5. The topological polar surface area (TPSA) is 52.6 Å². The Bertz CT molecular complexity index is 521. The standard InChI is InChI=1S/C16H19BO4/c1-2-20-15(18)10-21-14-9-12(17)7-8-13(14)16(19)11-5-3-4-6-11/h7-9,11H,2-6,10H2,1H3. The Morgan fingerprint density at radius 2 is 2.00 bits per heavy atom. The highest BCUT2D eigenvalue weighted by Crippen LogP contribution is 2.30. The van der Waals surface area contributed by atoms with Gasteiger partial charge in [-0.3, -0.25) is 4.79 Å². The van der Waals surface area contributed by atoms with Crippen molar-refractivity contribution < 1.29 is 19.1 Å². The van der Waals surface area contributed by atoms with Gasteiger partial charge in [0.05, 0.1) is 12.2 Å². The molecule has 4 nitrogen and oxygen atoms in total. The lowest BCUT2D eigenvalue weighted by atomic mass is 9.90. The second-order valence-electron chi connectivity index (χ2n) is 5.19. The normalized spacial score (nSPS) is 14.9. The molecule has 0 saturated heterocycles. The molecule has 110 valence electrons. The summed E-state index contributed by atoms with van der Waals surface area (Å²) in [5.74, 6) is 0.0315. The Balaban J connectivity index is 2.13. The maximum absolute atomic E-state index is 12.5. The summed E-state index contributed by atoms with van der Waals surface area (Å²) in [6, 6.07) is 4.94. The summed E-state index contributed by atoms with van der Waals surface area (Å²) in [4.78, 5) is 23.9. The quantitative estimate of drug-likeness (QED) is 0.454. The smallest absolute Gasteiger partial charge is 0.344 e. The number of hydrogen-bond donors (Lipinski definition) is 0. The number of rotatable bonds is 6. The predicted molar refractivity (Wildman–Crippen MR) is 80.2 cm³/mol. The minimum absolute atomic E-state index is 0.0542. The van der Waals surface area contributed by atoms with Gasteiger partial charge in [-0.15, -0.1) is 0 Å². The number of esters is 1. The number of carbonyl (C=O) groups excluding carboxylic acids is 2. The first-order valence-corrected chi connectivity index (χ1v) is 7.34. The number of ether oxygens (including phenoxy) is 2. The van der Waals surface area contributed by atoms with Crippen molar-refractivity contribution in [3.8, 4) is 5.75 Å². The van der Waals surface area contributed by atoms with Crippen LogP contribution in [0.2, 0.25) is 0 Å². The fraction of sp³-hybridized carbons (Fsp3) is 0.500. The van der Waals surface area contributed by atoms with E-state index < -0.39 is 5.97 Å². The molecule has 2 radical (unpaired) electrons. The number of benzene rings is 1. The van der Waals surface area contributed by atoms with Crippen LogP contribution in [0.1, 0.15) is 43.0 Å². The Morgan fingerprint density at radius 3 is 2.67 bits per heavy atom. The van der Waals surface area contributed by atoms with Gasteiger partial charge >= 0.3 is 5.97 Å². The third-order valence-electron chi connectivity index (χ3n) is 3.65. The van der Waals surface area contributed by atoms with Crippen LogP contribution in [0, 0.1) is 5.92 Å². The highest BCUT2D eigenvalue weighted by molar-refractivity contribution is 6.32. The van der Waals surface area contributed by atoms with Crippen molar-refractivity contribution in [3.05, 3.63) is 23.8 Å². The van der Waals surface area contributed by atoms with Crippen molar-refractivity contribution in [2.45, 2.75) is 32.6 Å². The Kier molecular flexibility index (Phi) is 5.42. The van der Waals surface area contributed by atoms with Crippen LogP contribution in [-0.2, 0) is 9.53 Å². The number of Topliss-reactive ketones (excluding diaryl/α,β-unsaturated/α-hetero) is 1. The number of ketones is 1. The molecule has 0 bridgehead atoms. The fourth-order valence-electron chi connectivity index (χ4n) is 2.61. The van der Waals surface area contributed by atoms with Gasteiger partial charge in [-0.25, -0.2) is 4.79 Å². The lowest BCUT2D eigenvalue weighted by Crippen LogP contribution is -2.19. The molecule has 0 spiro atoms. The first-order chi connectivity index (χ1) is 10.1. The molecule has 0 amide bonds. The summed E-state index contributed by atoms with van der Waals surface area (Å²) in [5.41, 5.74) is 0.997. The van der Waals surface area contributed by atoms with Gasteiger partial charge in [0.15, 0.2) is 12.4 Å². The molecule has 1 aromatic rings. The molecule has 0 aliphatic heterocycles. The molecule has 1 saturated carbocycles. The zero-order chi connectivity index (χ0) is 15.2. The monoisotopic (exact) mass is 286 g/mol. The van der Waals surface area contributed by atoms with E-state index in [9.17, 15) is 9.59 Å². The van der Waals surface area contributed by atoms with E-state index in [0.29, 0.717) is 23.4 Å². The van der Waals surface area contributed by atoms with Crippen molar-refractivity contribution in [3.63, 3.8) is 0 Å². The summed E-state index contributed by atoms with van der Waals surface area (Å²) in [7, 11) is 5.74. The molecule has 21 heavy (non-hydrogen) atoms. The van der Waals surface area contributed by atoms with Crippen LogP contribution in [0.25, 0.3) is 0 Å². The van der Waals surface area contributed by atoms with E-state index in [1.165, 1.54) is 0 Å². The molecule has 1 aliphatic rings. The molecule has 1 aliphatic carbocycles. The Labute approximate surface area is 126 Å². The third kappa shape index (κ3) is 4.10. The first kappa shape index (κ1) is 15.6. The second kappa shape index (κ2) is 7.30. The first-order valence-electron chi connectivity index (χ1n) is 7.34. The zero-order valence-corrected chi connectivity index (χ0v) is 12.3. The molecule has 0 aromatic heterocycles. The molecule has 5 heteroatoms. The summed E-state index contributed by atoms with van der Waals surface area (Å²) >= 11 is 0. The summed E-state index contributed by atoms with van der Waals surface area (Å²) in [5, 5.41) is 0. The maximum Gasteiger partial charge on any atom is 0.344 e. The van der Waals surface area contributed by atoms with Crippen molar-refractivity contribution in [1.29, 1.82) is 0 Å². The largest absolute Gasteiger partial charge is 0.481 e. The van der Waals surface area contributed by atoms with E-state index in [1.807, 2.05) is 0 Å². The molecule has 1 aromatic carbocycles. The van der Waals surface area contributed by atoms with Gasteiger partial charge in [0, 0.05) is 5.92 Å². The molecule has 2 rings (SSSR count). The van der Waals surface area contributed by atoms with E-state index in [2.05, 4.69) is 0 Å². The lowest BCUT2D eigenvalue weighted by molar-refractivity contribution is -0.145. The summed E-state index contributed by atoms with van der Waals surface area (Å²) in [6.07, 6.45) is 4.01. The Hall–Kier alpha value is -1.78. The van der Waals surface area contributed by atoms with Crippen LogP contribution in [-0.4, -0.2) is 32.8 Å². The number of carbonyl (C=O) groups is 2. The predicted octanol–water partition coefficient (Wildman–Crippen LogP) is 1.80. The molecule has 0 unspecified atom stereocenters. The molecule has 0 atom stereocenters. The van der Waals surface area contributed by atoms with Crippen molar-refractivity contribution in [2.24, 2.45) is 5.92 Å². The van der Waals surface area contributed by atoms with E-state index >= 15 is 0 Å². The molecule has 0 N–H and O–H groups in total. The van der Waals surface area contributed by atoms with Gasteiger partial charge in [0.1, 0.15) is 13.6 Å². The van der Waals surface area contributed by atoms with E-state index in [1.54, 1.807) is 25.1 Å². The van der Waals surface area contributed by atoms with Crippen molar-refractivity contribution >= 4 is 25.1 Å². The van der Waals surface area contributed by atoms with Gasteiger partial charge < -0.3 is 9.47 Å². The summed E-state index contributed by atoms with van der Waals surface area (Å²) in [6.45, 7) is 1.81. The van der Waals surface area contributed by atoms with Gasteiger partial charge in [0.2, 0.25) is 0 Å². The van der Waals surface area contributed by atoms with Gasteiger partial charge in [-0.1, -0.05) is 24.4 Å². The third-order valence-corrected chi connectivity index (χ3v) is 3.65. The highest BCUT2D eigenvalue weighted by atomic mass is 16.6. The average molecular weight is 286 g/mol. The Morgan fingerprint density at radius 1 is 1.29 bits per heavy atom. The van der Waals surface area contributed by atoms with Crippen LogP contribution in [0.5, 0.6) is 5.75 Å². The van der Waals surface area contributed by atoms with E-state index in [-0.39, 0.29) is 18.3 Å². The molecule has 1 fully saturated rings.